The first-order valence-corrected chi connectivity index (χ1v) is 9.40. The molecule has 2 aromatic carbocycles. The minimum Gasteiger partial charge on any atom is -0.325 e. The number of carbonyl (C=O) groups is 1. The maximum absolute atomic E-state index is 13.1. The predicted molar refractivity (Wildman–Crippen MR) is 97.0 cm³/mol. The molecule has 0 aliphatic heterocycles. The van der Waals surface area contributed by atoms with E-state index < -0.39 is 16.2 Å². The second kappa shape index (κ2) is 7.26. The Labute approximate surface area is 144 Å². The molecule has 0 radical (unpaired) electrons. The van der Waals surface area contributed by atoms with E-state index in [1.165, 1.54) is 12.1 Å². The summed E-state index contributed by atoms with van der Waals surface area (Å²) >= 11 is 0. The van der Waals surface area contributed by atoms with E-state index in [1.807, 2.05) is 25.1 Å². The van der Waals surface area contributed by atoms with Crippen LogP contribution >= 0.6 is 0 Å². The molecule has 2 aromatic rings. The van der Waals surface area contributed by atoms with Crippen molar-refractivity contribution in [1.82, 2.24) is 0 Å². The number of hydrogen-bond donors (Lipinski definition) is 1. The molecule has 3 nitrogen and oxygen atoms in total. The molecule has 0 unspecified atom stereocenters. The average Bonchev–Trinajstić information content (AvgIpc) is 2.51. The molecule has 0 heterocycles. The fraction of sp³-hybridized carbons (Fsp3) is 0.316. The summed E-state index contributed by atoms with van der Waals surface area (Å²) in [6.45, 7) is 5.51. The Morgan fingerprint density at radius 1 is 1.17 bits per heavy atom. The number of anilines is 1. The molecule has 128 valence electrons. The predicted octanol–water partition coefficient (Wildman–Crippen LogP) is 3.93. The highest BCUT2D eigenvalue weighted by Crippen LogP contribution is 2.27. The lowest BCUT2D eigenvalue weighted by molar-refractivity contribution is -0.120. The van der Waals surface area contributed by atoms with Crippen molar-refractivity contribution in [3.05, 3.63) is 65.0 Å². The zero-order valence-electron chi connectivity index (χ0n) is 14.4. The van der Waals surface area contributed by atoms with Crippen molar-refractivity contribution in [3.63, 3.8) is 0 Å². The highest BCUT2D eigenvalue weighted by molar-refractivity contribution is 7.83. The van der Waals surface area contributed by atoms with Crippen LogP contribution < -0.4 is 5.32 Å². The molecule has 0 aliphatic carbocycles. The number of benzene rings is 2. The van der Waals surface area contributed by atoms with E-state index in [1.54, 1.807) is 32.2 Å². The maximum Gasteiger partial charge on any atom is 0.234 e. The van der Waals surface area contributed by atoms with Gasteiger partial charge in [-0.2, -0.15) is 0 Å². The van der Waals surface area contributed by atoms with Crippen LogP contribution in [-0.2, 0) is 26.8 Å². The van der Waals surface area contributed by atoms with Crippen LogP contribution in [0.25, 0.3) is 0 Å². The summed E-state index contributed by atoms with van der Waals surface area (Å²) in [4.78, 5) is 12.7. The summed E-state index contributed by atoms with van der Waals surface area (Å²) < 4.78 is 24.6. The van der Waals surface area contributed by atoms with Crippen LogP contribution in [0.15, 0.2) is 42.5 Å². The van der Waals surface area contributed by atoms with Gasteiger partial charge in [0.15, 0.2) is 0 Å². The van der Waals surface area contributed by atoms with Gasteiger partial charge in [-0.3, -0.25) is 9.00 Å². The molecule has 2 rings (SSSR count). The van der Waals surface area contributed by atoms with E-state index in [2.05, 4.69) is 5.32 Å². The van der Waals surface area contributed by atoms with E-state index >= 15 is 0 Å². The van der Waals surface area contributed by atoms with Gasteiger partial charge in [0.05, 0.1) is 5.41 Å². The Bertz CT molecular complexity index is 769. The molecule has 0 spiro atoms. The van der Waals surface area contributed by atoms with Crippen molar-refractivity contribution in [2.75, 3.05) is 11.6 Å². The monoisotopic (exact) mass is 347 g/mol. The first-order chi connectivity index (χ1) is 11.2. The molecular formula is C19H22FNO2S. The van der Waals surface area contributed by atoms with Gasteiger partial charge in [-0.05, 0) is 55.7 Å². The fourth-order valence-electron chi connectivity index (χ4n) is 2.47. The second-order valence-electron chi connectivity index (χ2n) is 6.39. The SMILES string of the molecule is Cc1c(C[S@@](C)=O)cccc1NC(=O)C(C)(C)c1ccc(F)cc1. The second-order valence-corrected chi connectivity index (χ2v) is 7.83. The summed E-state index contributed by atoms with van der Waals surface area (Å²) in [6, 6.07) is 11.5. The van der Waals surface area contributed by atoms with Gasteiger partial charge in [-0.15, -0.1) is 0 Å². The van der Waals surface area contributed by atoms with E-state index in [0.29, 0.717) is 11.4 Å². The van der Waals surface area contributed by atoms with Crippen molar-refractivity contribution in [1.29, 1.82) is 0 Å². The Morgan fingerprint density at radius 2 is 1.79 bits per heavy atom. The van der Waals surface area contributed by atoms with Crippen molar-refractivity contribution in [2.24, 2.45) is 0 Å². The van der Waals surface area contributed by atoms with Crippen LogP contribution in [-0.4, -0.2) is 16.4 Å². The van der Waals surface area contributed by atoms with E-state index in [0.717, 1.165) is 16.7 Å². The molecule has 1 amide bonds. The number of rotatable bonds is 5. The summed E-state index contributed by atoms with van der Waals surface area (Å²) in [5.74, 6) is -0.0465. The van der Waals surface area contributed by atoms with Gasteiger partial charge >= 0.3 is 0 Å². The van der Waals surface area contributed by atoms with Crippen molar-refractivity contribution < 1.29 is 13.4 Å². The summed E-state index contributed by atoms with van der Waals surface area (Å²) in [5, 5.41) is 2.95. The standard InChI is InChI=1S/C19H22FNO2S/c1-13-14(12-24(4)23)6-5-7-17(13)21-18(22)19(2,3)15-8-10-16(20)11-9-15/h5-11H,12H2,1-4H3,(H,21,22)/t24-/m1/s1. The smallest absolute Gasteiger partial charge is 0.234 e. The fourth-order valence-corrected chi connectivity index (χ4v) is 3.22. The van der Waals surface area contributed by atoms with Crippen molar-refractivity contribution >= 4 is 22.4 Å². The summed E-state index contributed by atoms with van der Waals surface area (Å²) in [6.07, 6.45) is 1.66. The largest absolute Gasteiger partial charge is 0.325 e. The molecule has 0 aliphatic rings. The number of hydrogen-bond acceptors (Lipinski definition) is 2. The Morgan fingerprint density at radius 3 is 2.38 bits per heavy atom. The molecule has 0 saturated carbocycles. The minimum atomic E-state index is -0.945. The molecule has 0 saturated heterocycles. The minimum absolute atomic E-state index is 0.174. The van der Waals surface area contributed by atoms with Crippen molar-refractivity contribution in [2.45, 2.75) is 31.9 Å². The zero-order valence-corrected chi connectivity index (χ0v) is 15.2. The first-order valence-electron chi connectivity index (χ1n) is 7.68. The van der Waals surface area contributed by atoms with Gasteiger partial charge in [0.2, 0.25) is 5.91 Å². The van der Waals surface area contributed by atoms with Crippen LogP contribution in [0.3, 0.4) is 0 Å². The lowest BCUT2D eigenvalue weighted by Crippen LogP contribution is -2.35. The van der Waals surface area contributed by atoms with E-state index in [9.17, 15) is 13.4 Å². The number of halogens is 1. The van der Waals surface area contributed by atoms with Gasteiger partial charge < -0.3 is 5.32 Å². The Balaban J connectivity index is 2.25. The highest BCUT2D eigenvalue weighted by Gasteiger charge is 2.30. The molecule has 24 heavy (non-hydrogen) atoms. The molecule has 1 atom stereocenters. The van der Waals surface area contributed by atoms with Crippen LogP contribution in [0.1, 0.15) is 30.5 Å². The first kappa shape index (κ1) is 18.3. The normalized spacial score (nSPS) is 12.7. The quantitative estimate of drug-likeness (QED) is 0.891. The van der Waals surface area contributed by atoms with Gasteiger partial charge in [-0.25, -0.2) is 4.39 Å². The highest BCUT2D eigenvalue weighted by atomic mass is 32.2. The van der Waals surface area contributed by atoms with Crippen LogP contribution in [0.5, 0.6) is 0 Å². The number of carbonyl (C=O) groups excluding carboxylic acids is 1. The third kappa shape index (κ3) is 4.09. The third-order valence-corrected chi connectivity index (χ3v) is 4.90. The lowest BCUT2D eigenvalue weighted by atomic mass is 9.83. The summed E-state index contributed by atoms with van der Waals surface area (Å²) in [7, 11) is -0.945. The Hall–Kier alpha value is -2.01. The number of nitrogens with one attached hydrogen (secondary N) is 1. The van der Waals surface area contributed by atoms with Gasteiger partial charge in [0, 0.05) is 28.5 Å². The molecule has 0 aromatic heterocycles. The Kier molecular flexibility index (Phi) is 5.54. The van der Waals surface area contributed by atoms with E-state index in [-0.39, 0.29) is 11.7 Å². The molecule has 0 fully saturated rings. The van der Waals surface area contributed by atoms with E-state index in [4.69, 9.17) is 0 Å². The molecule has 5 heteroatoms. The number of amides is 1. The topological polar surface area (TPSA) is 46.2 Å². The zero-order chi connectivity index (χ0) is 17.9. The molecular weight excluding hydrogens is 325 g/mol. The van der Waals surface area contributed by atoms with Crippen LogP contribution in [0.4, 0.5) is 10.1 Å². The van der Waals surface area contributed by atoms with Gasteiger partial charge in [0.1, 0.15) is 5.82 Å². The van der Waals surface area contributed by atoms with Crippen molar-refractivity contribution in [3.8, 4) is 0 Å². The van der Waals surface area contributed by atoms with Crippen LogP contribution in [0, 0.1) is 12.7 Å². The summed E-state index contributed by atoms with van der Waals surface area (Å²) in [5.41, 5.74) is 2.51. The lowest BCUT2D eigenvalue weighted by Gasteiger charge is -2.25. The maximum atomic E-state index is 13.1. The average molecular weight is 347 g/mol. The van der Waals surface area contributed by atoms with Gasteiger partial charge in [-0.1, -0.05) is 24.3 Å². The van der Waals surface area contributed by atoms with Crippen LogP contribution in [0.2, 0.25) is 0 Å². The van der Waals surface area contributed by atoms with Gasteiger partial charge in [0.25, 0.3) is 0 Å². The molecule has 1 N–H and O–H groups in total. The molecule has 0 bridgehead atoms. The third-order valence-electron chi connectivity index (χ3n) is 4.19.